The maximum Gasteiger partial charge on any atom is 0.314 e. The Morgan fingerprint density at radius 3 is 2.75 bits per heavy atom. The van der Waals surface area contributed by atoms with Crippen LogP contribution in [0, 0.1) is 11.3 Å². The van der Waals surface area contributed by atoms with Gasteiger partial charge in [-0.15, -0.1) is 0 Å². The van der Waals surface area contributed by atoms with Crippen LogP contribution in [-0.4, -0.2) is 27.0 Å². The van der Waals surface area contributed by atoms with E-state index >= 15 is 0 Å². The smallest absolute Gasteiger partial charge is 0.314 e. The van der Waals surface area contributed by atoms with E-state index in [9.17, 15) is 9.59 Å². The molecule has 0 aromatic carbocycles. The average molecular weight is 270 g/mol. The Bertz CT molecular complexity index is 658. The highest BCUT2D eigenvalue weighted by molar-refractivity contribution is 6.39. The van der Waals surface area contributed by atoms with E-state index in [4.69, 9.17) is 5.26 Å². The third-order valence-corrected chi connectivity index (χ3v) is 2.41. The van der Waals surface area contributed by atoms with Gasteiger partial charge in [-0.2, -0.15) is 10.4 Å². The quantitative estimate of drug-likeness (QED) is 0.673. The van der Waals surface area contributed by atoms with Crippen molar-refractivity contribution in [1.82, 2.24) is 20.5 Å². The first-order valence-electron chi connectivity index (χ1n) is 5.62. The summed E-state index contributed by atoms with van der Waals surface area (Å²) in [5.41, 5.74) is 0.973. The zero-order valence-corrected chi connectivity index (χ0v) is 10.3. The van der Waals surface area contributed by atoms with E-state index in [2.05, 4.69) is 25.8 Å². The first-order valence-corrected chi connectivity index (χ1v) is 5.62. The molecule has 0 aliphatic carbocycles. The van der Waals surface area contributed by atoms with Crippen LogP contribution in [0.4, 0.5) is 5.82 Å². The lowest BCUT2D eigenvalue weighted by molar-refractivity contribution is -0.136. The van der Waals surface area contributed by atoms with E-state index in [1.165, 1.54) is 6.20 Å². The number of nitriles is 1. The summed E-state index contributed by atoms with van der Waals surface area (Å²) in [5, 5.41) is 19.5. The normalized spacial score (nSPS) is 9.55. The van der Waals surface area contributed by atoms with Crippen LogP contribution in [0.5, 0.6) is 0 Å². The maximum absolute atomic E-state index is 11.6. The minimum Gasteiger partial charge on any atom is -0.344 e. The molecule has 2 amide bonds. The van der Waals surface area contributed by atoms with Crippen LogP contribution in [0.1, 0.15) is 11.1 Å². The fraction of sp³-hybridized carbons (Fsp3) is 0.0833. The van der Waals surface area contributed by atoms with Crippen LogP contribution in [0.25, 0.3) is 0 Å². The Morgan fingerprint density at radius 2 is 2.05 bits per heavy atom. The summed E-state index contributed by atoms with van der Waals surface area (Å²) in [6.45, 7) is 0.211. The first-order chi connectivity index (χ1) is 9.70. The van der Waals surface area contributed by atoms with Gasteiger partial charge in [-0.3, -0.25) is 19.7 Å². The van der Waals surface area contributed by atoms with Crippen LogP contribution in [0.15, 0.2) is 30.7 Å². The largest absolute Gasteiger partial charge is 0.344 e. The topological polar surface area (TPSA) is 124 Å². The Labute approximate surface area is 113 Å². The molecule has 0 atom stereocenters. The number of pyridine rings is 1. The Morgan fingerprint density at radius 1 is 1.30 bits per heavy atom. The number of carbonyl (C=O) groups excluding carboxylic acids is 2. The van der Waals surface area contributed by atoms with E-state index in [1.807, 2.05) is 6.07 Å². The number of aromatic nitrogens is 3. The van der Waals surface area contributed by atoms with E-state index in [0.717, 1.165) is 5.56 Å². The van der Waals surface area contributed by atoms with Crippen LogP contribution < -0.4 is 10.6 Å². The van der Waals surface area contributed by atoms with Crippen LogP contribution >= 0.6 is 0 Å². The van der Waals surface area contributed by atoms with Crippen molar-refractivity contribution < 1.29 is 9.59 Å². The van der Waals surface area contributed by atoms with E-state index in [1.54, 1.807) is 24.5 Å². The molecular formula is C12H10N6O2. The van der Waals surface area contributed by atoms with Crippen molar-refractivity contribution >= 4 is 17.6 Å². The van der Waals surface area contributed by atoms with Crippen LogP contribution in [-0.2, 0) is 16.1 Å². The number of carbonyl (C=O) groups is 2. The summed E-state index contributed by atoms with van der Waals surface area (Å²) in [7, 11) is 0. The number of hydrogen-bond acceptors (Lipinski definition) is 5. The van der Waals surface area contributed by atoms with Gasteiger partial charge in [0.25, 0.3) is 0 Å². The second kappa shape index (κ2) is 6.10. The number of H-pyrrole nitrogens is 1. The highest BCUT2D eigenvalue weighted by Crippen LogP contribution is 2.08. The van der Waals surface area contributed by atoms with Crippen molar-refractivity contribution in [3.05, 3.63) is 41.9 Å². The highest BCUT2D eigenvalue weighted by atomic mass is 16.2. The van der Waals surface area contributed by atoms with Gasteiger partial charge in [0, 0.05) is 18.9 Å². The number of rotatable bonds is 3. The number of aromatic amines is 1. The van der Waals surface area contributed by atoms with Gasteiger partial charge < -0.3 is 10.6 Å². The average Bonchev–Trinajstić information content (AvgIpc) is 2.93. The molecule has 0 aliphatic heterocycles. The van der Waals surface area contributed by atoms with Gasteiger partial charge in [0.15, 0.2) is 0 Å². The van der Waals surface area contributed by atoms with E-state index in [0.29, 0.717) is 0 Å². The second-order valence-electron chi connectivity index (χ2n) is 3.76. The molecule has 0 unspecified atom stereocenters. The van der Waals surface area contributed by atoms with E-state index in [-0.39, 0.29) is 17.9 Å². The van der Waals surface area contributed by atoms with E-state index < -0.39 is 11.8 Å². The molecule has 3 N–H and O–H groups in total. The van der Waals surface area contributed by atoms with Crippen molar-refractivity contribution in [2.75, 3.05) is 5.32 Å². The third kappa shape index (κ3) is 3.17. The lowest BCUT2D eigenvalue weighted by Crippen LogP contribution is -2.35. The zero-order valence-electron chi connectivity index (χ0n) is 10.3. The van der Waals surface area contributed by atoms with Crippen LogP contribution in [0.2, 0.25) is 0 Å². The van der Waals surface area contributed by atoms with Gasteiger partial charge in [0.05, 0.1) is 6.20 Å². The van der Waals surface area contributed by atoms with Crippen LogP contribution in [0.3, 0.4) is 0 Å². The van der Waals surface area contributed by atoms with Gasteiger partial charge >= 0.3 is 11.8 Å². The fourth-order valence-corrected chi connectivity index (χ4v) is 1.40. The lowest BCUT2D eigenvalue weighted by atomic mass is 10.3. The van der Waals surface area contributed by atoms with Gasteiger partial charge in [-0.25, -0.2) is 0 Å². The van der Waals surface area contributed by atoms with Gasteiger partial charge in [0.2, 0.25) is 0 Å². The molecule has 20 heavy (non-hydrogen) atoms. The predicted octanol–water partition coefficient (Wildman–Crippen LogP) is -0.0687. The second-order valence-corrected chi connectivity index (χ2v) is 3.76. The fourth-order valence-electron chi connectivity index (χ4n) is 1.40. The zero-order chi connectivity index (χ0) is 14.4. The molecule has 0 spiro atoms. The molecule has 0 saturated carbocycles. The van der Waals surface area contributed by atoms with Crippen molar-refractivity contribution in [2.45, 2.75) is 6.54 Å². The molecule has 0 bridgehead atoms. The number of amides is 2. The summed E-state index contributed by atoms with van der Waals surface area (Å²) in [6.07, 6.45) is 4.43. The minimum absolute atomic E-state index is 0.0940. The number of nitrogens with one attached hydrogen (secondary N) is 3. The summed E-state index contributed by atoms with van der Waals surface area (Å²) in [5.74, 6) is -1.59. The molecule has 2 rings (SSSR count). The highest BCUT2D eigenvalue weighted by Gasteiger charge is 2.16. The number of nitrogens with zero attached hydrogens (tertiary/aromatic N) is 3. The SMILES string of the molecule is N#Cc1cn[nH]c1NC(=O)C(=O)NCc1ccncc1. The Hall–Kier alpha value is -3.21. The lowest BCUT2D eigenvalue weighted by Gasteiger charge is -2.05. The Balaban J connectivity index is 1.90. The van der Waals surface area contributed by atoms with Gasteiger partial charge in [0.1, 0.15) is 17.5 Å². The predicted molar refractivity (Wildman–Crippen MR) is 68.0 cm³/mol. The minimum atomic E-state index is -0.875. The molecule has 8 heteroatoms. The van der Waals surface area contributed by atoms with Gasteiger partial charge in [-0.05, 0) is 17.7 Å². The summed E-state index contributed by atoms with van der Waals surface area (Å²) in [6, 6.07) is 5.28. The molecule has 100 valence electrons. The monoisotopic (exact) mass is 270 g/mol. The molecule has 0 radical (unpaired) electrons. The molecule has 0 aliphatic rings. The third-order valence-electron chi connectivity index (χ3n) is 2.41. The summed E-state index contributed by atoms with van der Waals surface area (Å²) in [4.78, 5) is 27.0. The summed E-state index contributed by atoms with van der Waals surface area (Å²) >= 11 is 0. The molecule has 8 nitrogen and oxygen atoms in total. The summed E-state index contributed by atoms with van der Waals surface area (Å²) < 4.78 is 0. The van der Waals surface area contributed by atoms with Crippen molar-refractivity contribution in [1.29, 1.82) is 5.26 Å². The standard InChI is InChI=1S/C12H10N6O2/c13-5-9-7-16-18-10(9)17-12(20)11(19)15-6-8-1-3-14-4-2-8/h1-4,7H,6H2,(H,15,19)(H2,16,17,18,20). The molecule has 0 fully saturated rings. The van der Waals surface area contributed by atoms with Crippen molar-refractivity contribution in [3.63, 3.8) is 0 Å². The molecule has 0 saturated heterocycles. The molecule has 2 heterocycles. The number of anilines is 1. The number of hydrogen-bond donors (Lipinski definition) is 3. The van der Waals surface area contributed by atoms with Crippen molar-refractivity contribution in [3.8, 4) is 6.07 Å². The molecular weight excluding hydrogens is 260 g/mol. The maximum atomic E-state index is 11.6. The van der Waals surface area contributed by atoms with Gasteiger partial charge in [-0.1, -0.05) is 0 Å². The first kappa shape index (κ1) is 13.2. The molecule has 2 aromatic rings. The Kier molecular flexibility index (Phi) is 4.04. The molecule has 2 aromatic heterocycles. The van der Waals surface area contributed by atoms with Crippen molar-refractivity contribution in [2.24, 2.45) is 0 Å².